The molecule has 6 heteroatoms. The monoisotopic (exact) mass is 849 g/mol. The molecule has 6 nitrogen and oxygen atoms in total. The molecule has 356 valence electrons. The molecule has 0 aromatic carbocycles. The topological polar surface area (TPSA) is 78.9 Å². The van der Waals surface area contributed by atoms with E-state index in [1.807, 2.05) is 0 Å². The molecule has 0 aromatic rings. The molecule has 0 aliphatic rings. The van der Waals surface area contributed by atoms with Gasteiger partial charge in [-0.3, -0.25) is 14.4 Å². The lowest BCUT2D eigenvalue weighted by molar-refractivity contribution is -0.167. The van der Waals surface area contributed by atoms with Gasteiger partial charge in [0.1, 0.15) is 13.2 Å². The van der Waals surface area contributed by atoms with Gasteiger partial charge in [0.25, 0.3) is 0 Å². The van der Waals surface area contributed by atoms with Crippen LogP contribution in [0.5, 0.6) is 0 Å². The molecule has 0 spiro atoms. The van der Waals surface area contributed by atoms with Gasteiger partial charge in [0.2, 0.25) is 0 Å². The third-order valence-electron chi connectivity index (χ3n) is 12.2. The highest BCUT2D eigenvalue weighted by atomic mass is 16.6. The SMILES string of the molecule is CCCCCCCCCCCCCCCC(=O)O[C@@H](COC(=O)CCCCCCCCCCCCCCCC(C)C)COC(=O)CCCCCCCCCCCCC(C)C. The van der Waals surface area contributed by atoms with Gasteiger partial charge in [0, 0.05) is 19.3 Å². The summed E-state index contributed by atoms with van der Waals surface area (Å²) in [6.45, 7) is 11.4. The Bertz CT molecular complexity index is 916. The molecule has 0 N–H and O–H groups in total. The van der Waals surface area contributed by atoms with Gasteiger partial charge in [-0.15, -0.1) is 0 Å². The zero-order chi connectivity index (χ0) is 44.0. The number of ether oxygens (including phenoxy) is 3. The van der Waals surface area contributed by atoms with Crippen LogP contribution in [0, 0.1) is 11.8 Å². The molecule has 0 heterocycles. The quantitative estimate of drug-likeness (QED) is 0.0345. The fourth-order valence-corrected chi connectivity index (χ4v) is 8.17. The lowest BCUT2D eigenvalue weighted by Gasteiger charge is -2.18. The van der Waals surface area contributed by atoms with Gasteiger partial charge in [-0.2, -0.15) is 0 Å². The molecule has 0 bridgehead atoms. The second kappa shape index (κ2) is 46.9. The van der Waals surface area contributed by atoms with E-state index in [0.717, 1.165) is 69.6 Å². The van der Waals surface area contributed by atoms with Crippen LogP contribution in [0.15, 0.2) is 0 Å². The Morgan fingerprint density at radius 2 is 0.550 bits per heavy atom. The van der Waals surface area contributed by atoms with Gasteiger partial charge in [-0.05, 0) is 31.1 Å². The molecular formula is C54H104O6. The molecular weight excluding hydrogens is 745 g/mol. The zero-order valence-electron chi connectivity index (χ0n) is 41.1. The summed E-state index contributed by atoms with van der Waals surface area (Å²) in [5, 5.41) is 0. The second-order valence-corrected chi connectivity index (χ2v) is 19.5. The van der Waals surface area contributed by atoms with Gasteiger partial charge in [0.15, 0.2) is 6.10 Å². The van der Waals surface area contributed by atoms with Crippen molar-refractivity contribution in [3.8, 4) is 0 Å². The number of hydrogen-bond acceptors (Lipinski definition) is 6. The summed E-state index contributed by atoms with van der Waals surface area (Å²) in [6, 6.07) is 0. The van der Waals surface area contributed by atoms with Crippen LogP contribution in [0.3, 0.4) is 0 Å². The summed E-state index contributed by atoms with van der Waals surface area (Å²) >= 11 is 0. The summed E-state index contributed by atoms with van der Waals surface area (Å²) in [4.78, 5) is 38.0. The van der Waals surface area contributed by atoms with E-state index in [1.165, 1.54) is 186 Å². The molecule has 0 saturated carbocycles. The summed E-state index contributed by atoms with van der Waals surface area (Å²) < 4.78 is 16.8. The fourth-order valence-electron chi connectivity index (χ4n) is 8.17. The van der Waals surface area contributed by atoms with Gasteiger partial charge in [0.05, 0.1) is 0 Å². The van der Waals surface area contributed by atoms with E-state index >= 15 is 0 Å². The average molecular weight is 849 g/mol. The Morgan fingerprint density at radius 1 is 0.317 bits per heavy atom. The van der Waals surface area contributed by atoms with Crippen molar-refractivity contribution in [3.05, 3.63) is 0 Å². The highest BCUT2D eigenvalue weighted by molar-refractivity contribution is 5.71. The van der Waals surface area contributed by atoms with Crippen molar-refractivity contribution in [2.75, 3.05) is 13.2 Å². The largest absolute Gasteiger partial charge is 0.462 e. The van der Waals surface area contributed by atoms with E-state index in [1.54, 1.807) is 0 Å². The standard InChI is InChI=1S/C54H104O6/c1-6-7-8-9-10-11-12-14-19-26-31-36-41-46-54(57)60-51(48-59-53(56)45-40-35-30-25-21-20-23-28-33-38-43-50(4)5)47-58-52(55)44-39-34-29-24-18-16-13-15-17-22-27-32-37-42-49(2)3/h49-51H,6-48H2,1-5H3/t51-/m0/s1. The molecule has 0 rings (SSSR count). The van der Waals surface area contributed by atoms with Crippen molar-refractivity contribution in [2.24, 2.45) is 11.8 Å². The molecule has 0 unspecified atom stereocenters. The van der Waals surface area contributed by atoms with Crippen molar-refractivity contribution in [1.82, 2.24) is 0 Å². The minimum Gasteiger partial charge on any atom is -0.462 e. The average Bonchev–Trinajstić information content (AvgIpc) is 3.22. The lowest BCUT2D eigenvalue weighted by atomic mass is 10.0. The van der Waals surface area contributed by atoms with Crippen LogP contribution in [-0.4, -0.2) is 37.2 Å². The molecule has 1 atom stereocenters. The van der Waals surface area contributed by atoms with Crippen molar-refractivity contribution < 1.29 is 28.6 Å². The maximum atomic E-state index is 12.8. The minimum absolute atomic E-state index is 0.0634. The maximum Gasteiger partial charge on any atom is 0.306 e. The fraction of sp³-hybridized carbons (Fsp3) is 0.944. The van der Waals surface area contributed by atoms with Gasteiger partial charge in [-0.1, -0.05) is 259 Å². The first-order valence-electron chi connectivity index (χ1n) is 26.7. The second-order valence-electron chi connectivity index (χ2n) is 19.5. The van der Waals surface area contributed by atoms with Gasteiger partial charge >= 0.3 is 17.9 Å². The van der Waals surface area contributed by atoms with Crippen LogP contribution in [0.2, 0.25) is 0 Å². The minimum atomic E-state index is -0.761. The first-order valence-corrected chi connectivity index (χ1v) is 26.7. The van der Waals surface area contributed by atoms with E-state index in [2.05, 4.69) is 34.6 Å². The predicted molar refractivity (Wildman–Crippen MR) is 256 cm³/mol. The first-order chi connectivity index (χ1) is 29.2. The summed E-state index contributed by atoms with van der Waals surface area (Å²) in [5.41, 5.74) is 0. The Hall–Kier alpha value is -1.59. The van der Waals surface area contributed by atoms with E-state index in [4.69, 9.17) is 14.2 Å². The van der Waals surface area contributed by atoms with Crippen LogP contribution in [-0.2, 0) is 28.6 Å². The Balaban J connectivity index is 4.30. The number of carbonyl (C=O) groups is 3. The van der Waals surface area contributed by atoms with Crippen LogP contribution >= 0.6 is 0 Å². The Labute approximate surface area is 374 Å². The Morgan fingerprint density at radius 3 is 0.817 bits per heavy atom. The first kappa shape index (κ1) is 58.4. The summed E-state index contributed by atoms with van der Waals surface area (Å²) in [7, 11) is 0. The van der Waals surface area contributed by atoms with Gasteiger partial charge < -0.3 is 14.2 Å². The van der Waals surface area contributed by atoms with Crippen molar-refractivity contribution in [1.29, 1.82) is 0 Å². The van der Waals surface area contributed by atoms with E-state index in [9.17, 15) is 14.4 Å². The maximum absolute atomic E-state index is 12.8. The normalized spacial score (nSPS) is 12.1. The van der Waals surface area contributed by atoms with E-state index in [-0.39, 0.29) is 31.1 Å². The number of carbonyl (C=O) groups excluding carboxylic acids is 3. The highest BCUT2D eigenvalue weighted by Gasteiger charge is 2.19. The summed E-state index contributed by atoms with van der Waals surface area (Å²) in [6.07, 6.45) is 48.0. The molecule has 0 aliphatic heterocycles. The molecule has 0 amide bonds. The molecule has 0 saturated heterocycles. The lowest BCUT2D eigenvalue weighted by Crippen LogP contribution is -2.30. The van der Waals surface area contributed by atoms with Crippen LogP contribution in [0.4, 0.5) is 0 Å². The third kappa shape index (κ3) is 47.5. The number of hydrogen-bond donors (Lipinski definition) is 0. The number of rotatable bonds is 48. The molecule has 0 aromatic heterocycles. The highest BCUT2D eigenvalue weighted by Crippen LogP contribution is 2.17. The zero-order valence-corrected chi connectivity index (χ0v) is 41.1. The summed E-state index contributed by atoms with van der Waals surface area (Å²) in [5.74, 6) is 0.813. The van der Waals surface area contributed by atoms with Crippen LogP contribution in [0.1, 0.15) is 298 Å². The molecule has 0 fully saturated rings. The Kier molecular flexibility index (Phi) is 45.7. The predicted octanol–water partition coefficient (Wildman–Crippen LogP) is 17.3. The number of unbranched alkanes of at least 4 members (excludes halogenated alkanes) is 33. The molecule has 60 heavy (non-hydrogen) atoms. The number of esters is 3. The smallest absolute Gasteiger partial charge is 0.306 e. The third-order valence-corrected chi connectivity index (χ3v) is 12.2. The van der Waals surface area contributed by atoms with E-state index < -0.39 is 6.10 Å². The van der Waals surface area contributed by atoms with Crippen LogP contribution in [0.25, 0.3) is 0 Å². The molecule has 0 radical (unpaired) electrons. The van der Waals surface area contributed by atoms with Crippen molar-refractivity contribution in [2.45, 2.75) is 304 Å². The van der Waals surface area contributed by atoms with Crippen molar-refractivity contribution >= 4 is 17.9 Å². The van der Waals surface area contributed by atoms with Gasteiger partial charge in [-0.25, -0.2) is 0 Å². The van der Waals surface area contributed by atoms with Crippen molar-refractivity contribution in [3.63, 3.8) is 0 Å². The van der Waals surface area contributed by atoms with E-state index in [0.29, 0.717) is 19.3 Å². The van der Waals surface area contributed by atoms with Crippen LogP contribution < -0.4 is 0 Å². The molecule has 0 aliphatic carbocycles.